The maximum atomic E-state index is 12.9. The molecular formula is C27H27N3O4S. The lowest BCUT2D eigenvalue weighted by Gasteiger charge is -2.32. The molecule has 1 N–H and O–H groups in total. The lowest BCUT2D eigenvalue weighted by molar-refractivity contribution is -0.143. The van der Waals surface area contributed by atoms with Crippen molar-refractivity contribution < 1.29 is 19.1 Å². The van der Waals surface area contributed by atoms with E-state index in [1.807, 2.05) is 61.5 Å². The number of allylic oxidation sites excluding steroid dienone is 1. The average Bonchev–Trinajstić information content (AvgIpc) is 3.23. The summed E-state index contributed by atoms with van der Waals surface area (Å²) in [6.45, 7) is 5.56. The number of benzene rings is 2. The molecule has 180 valence electrons. The van der Waals surface area contributed by atoms with Crippen LogP contribution >= 0.6 is 11.3 Å². The summed E-state index contributed by atoms with van der Waals surface area (Å²) in [4.78, 5) is 36.1. The second kappa shape index (κ2) is 10.2. The van der Waals surface area contributed by atoms with Crippen molar-refractivity contribution in [2.45, 2.75) is 26.7 Å². The fourth-order valence-electron chi connectivity index (χ4n) is 4.49. The molecule has 2 aromatic carbocycles. The minimum absolute atomic E-state index is 0.336. The molecule has 7 nitrogen and oxygen atoms in total. The first kappa shape index (κ1) is 24.3. The molecule has 0 fully saturated rings. The first-order chi connectivity index (χ1) is 16.8. The summed E-state index contributed by atoms with van der Waals surface area (Å²) in [5, 5.41) is 4.14. The third-order valence-corrected chi connectivity index (χ3v) is 6.96. The molecule has 8 heteroatoms. The summed E-state index contributed by atoms with van der Waals surface area (Å²) in [5.74, 6) is -2.38. The van der Waals surface area contributed by atoms with Crippen molar-refractivity contribution in [1.29, 1.82) is 0 Å². The van der Waals surface area contributed by atoms with Crippen LogP contribution in [0, 0.1) is 12.8 Å². The van der Waals surface area contributed by atoms with E-state index in [4.69, 9.17) is 14.5 Å². The SMILES string of the molecule is COC(=O)C1=C(C)N=C(C)C(C(=O)OC)C1c1ccccc1Nc1nc(-c2ccccc2)c(C)s1. The number of aryl methyl sites for hydroxylation is 1. The number of hydrogen-bond acceptors (Lipinski definition) is 8. The summed E-state index contributed by atoms with van der Waals surface area (Å²) in [7, 11) is 2.66. The van der Waals surface area contributed by atoms with Crippen LogP contribution in [0.3, 0.4) is 0 Å². The molecule has 4 rings (SSSR count). The monoisotopic (exact) mass is 489 g/mol. The quantitative estimate of drug-likeness (QED) is 0.450. The molecule has 3 aromatic rings. The Balaban J connectivity index is 1.80. The molecule has 0 bridgehead atoms. The van der Waals surface area contributed by atoms with Crippen molar-refractivity contribution in [2.24, 2.45) is 10.9 Å². The Bertz CT molecular complexity index is 1330. The van der Waals surface area contributed by atoms with E-state index in [-0.39, 0.29) is 0 Å². The normalized spacial score (nSPS) is 17.6. The number of methoxy groups -OCH3 is 2. The van der Waals surface area contributed by atoms with Gasteiger partial charge in [0, 0.05) is 33.5 Å². The van der Waals surface area contributed by atoms with Crippen molar-refractivity contribution in [3.05, 3.63) is 76.3 Å². The average molecular weight is 490 g/mol. The van der Waals surface area contributed by atoms with E-state index >= 15 is 0 Å². The molecule has 0 radical (unpaired) electrons. The van der Waals surface area contributed by atoms with Crippen molar-refractivity contribution >= 4 is 39.8 Å². The molecule has 0 spiro atoms. The summed E-state index contributed by atoms with van der Waals surface area (Å²) in [5.41, 5.74) is 4.88. The van der Waals surface area contributed by atoms with E-state index in [9.17, 15) is 9.59 Å². The fourth-order valence-corrected chi connectivity index (χ4v) is 5.34. The van der Waals surface area contributed by atoms with Crippen LogP contribution in [0.4, 0.5) is 10.8 Å². The number of rotatable bonds is 6. The number of hydrogen-bond donors (Lipinski definition) is 1. The van der Waals surface area contributed by atoms with Crippen molar-refractivity contribution in [3.63, 3.8) is 0 Å². The van der Waals surface area contributed by atoms with Gasteiger partial charge in [-0.25, -0.2) is 9.78 Å². The van der Waals surface area contributed by atoms with Crippen LogP contribution in [-0.4, -0.2) is 36.9 Å². The molecule has 2 unspecified atom stereocenters. The van der Waals surface area contributed by atoms with Gasteiger partial charge in [0.15, 0.2) is 5.13 Å². The molecule has 1 aliphatic rings. The van der Waals surface area contributed by atoms with Crippen LogP contribution in [0.5, 0.6) is 0 Å². The second-order valence-electron chi connectivity index (χ2n) is 8.22. The first-order valence-electron chi connectivity index (χ1n) is 11.2. The van der Waals surface area contributed by atoms with E-state index < -0.39 is 23.8 Å². The third-order valence-electron chi connectivity index (χ3n) is 6.07. The highest BCUT2D eigenvalue weighted by atomic mass is 32.1. The number of thiazole rings is 1. The van der Waals surface area contributed by atoms with Gasteiger partial charge in [-0.15, -0.1) is 11.3 Å². The van der Waals surface area contributed by atoms with Crippen LogP contribution in [0.15, 0.2) is 70.9 Å². The van der Waals surface area contributed by atoms with Crippen LogP contribution in [-0.2, 0) is 19.1 Å². The Labute approximate surface area is 208 Å². The number of aromatic nitrogens is 1. The molecular weight excluding hydrogens is 462 g/mol. The van der Waals surface area contributed by atoms with Crippen LogP contribution in [0.1, 0.15) is 30.2 Å². The number of anilines is 2. The van der Waals surface area contributed by atoms with Gasteiger partial charge in [-0.2, -0.15) is 0 Å². The zero-order chi connectivity index (χ0) is 25.1. The van der Waals surface area contributed by atoms with Crippen LogP contribution < -0.4 is 5.32 Å². The molecule has 0 aliphatic carbocycles. The maximum absolute atomic E-state index is 12.9. The van der Waals surface area contributed by atoms with E-state index in [1.165, 1.54) is 14.2 Å². The number of nitrogens with zero attached hydrogens (tertiary/aromatic N) is 2. The number of ether oxygens (including phenoxy) is 2. The predicted octanol–water partition coefficient (Wildman–Crippen LogP) is 5.66. The van der Waals surface area contributed by atoms with Gasteiger partial charge < -0.3 is 14.8 Å². The lowest BCUT2D eigenvalue weighted by Crippen LogP contribution is -2.36. The number of carbonyl (C=O) groups is 2. The molecule has 1 aliphatic heterocycles. The highest BCUT2D eigenvalue weighted by molar-refractivity contribution is 7.16. The minimum Gasteiger partial charge on any atom is -0.468 e. The smallest absolute Gasteiger partial charge is 0.336 e. The van der Waals surface area contributed by atoms with Gasteiger partial charge in [-0.3, -0.25) is 9.79 Å². The van der Waals surface area contributed by atoms with Gasteiger partial charge in [0.2, 0.25) is 0 Å². The highest BCUT2D eigenvalue weighted by Gasteiger charge is 2.43. The Kier molecular flexibility index (Phi) is 7.12. The van der Waals surface area contributed by atoms with Gasteiger partial charge in [-0.05, 0) is 32.4 Å². The van der Waals surface area contributed by atoms with E-state index in [2.05, 4.69) is 10.3 Å². The van der Waals surface area contributed by atoms with Gasteiger partial charge in [0.1, 0.15) is 5.92 Å². The van der Waals surface area contributed by atoms with Gasteiger partial charge in [-0.1, -0.05) is 48.5 Å². The Morgan fingerprint density at radius 3 is 2.31 bits per heavy atom. The second-order valence-corrected chi connectivity index (χ2v) is 9.43. The van der Waals surface area contributed by atoms with E-state index in [0.29, 0.717) is 22.1 Å². The molecule has 2 atom stereocenters. The predicted molar refractivity (Wildman–Crippen MR) is 138 cm³/mol. The number of carbonyl (C=O) groups excluding carboxylic acids is 2. The number of nitrogens with one attached hydrogen (secondary N) is 1. The Morgan fingerprint density at radius 2 is 1.63 bits per heavy atom. The molecule has 0 saturated carbocycles. The zero-order valence-corrected chi connectivity index (χ0v) is 21.1. The summed E-state index contributed by atoms with van der Waals surface area (Å²) < 4.78 is 10.2. The minimum atomic E-state index is -0.765. The van der Waals surface area contributed by atoms with Crippen molar-refractivity contribution in [3.8, 4) is 11.3 Å². The topological polar surface area (TPSA) is 89.9 Å². The Hall–Kier alpha value is -3.78. The van der Waals surface area contributed by atoms with Crippen LogP contribution in [0.25, 0.3) is 11.3 Å². The number of esters is 2. The zero-order valence-electron chi connectivity index (χ0n) is 20.3. The summed E-state index contributed by atoms with van der Waals surface area (Å²) in [6.07, 6.45) is 0. The summed E-state index contributed by atoms with van der Waals surface area (Å²) >= 11 is 1.54. The maximum Gasteiger partial charge on any atom is 0.336 e. The molecule has 2 heterocycles. The number of aliphatic imine (C=N–C) groups is 1. The van der Waals surface area contributed by atoms with E-state index in [0.717, 1.165) is 27.4 Å². The van der Waals surface area contributed by atoms with Crippen molar-refractivity contribution in [2.75, 3.05) is 19.5 Å². The standard InChI is InChI=1S/C27H27N3O4S/c1-15-21(25(31)33-4)23(22(16(2)28-15)26(32)34-5)19-13-9-10-14-20(19)29-27-30-24(17(3)35-27)18-11-7-6-8-12-18/h6-14,21,23H,1-5H3,(H,29,30). The Morgan fingerprint density at radius 1 is 0.943 bits per heavy atom. The molecule has 0 amide bonds. The van der Waals surface area contributed by atoms with Gasteiger partial charge in [0.25, 0.3) is 0 Å². The largest absolute Gasteiger partial charge is 0.468 e. The van der Waals surface area contributed by atoms with Gasteiger partial charge >= 0.3 is 11.9 Å². The molecule has 1 aromatic heterocycles. The highest BCUT2D eigenvalue weighted by Crippen LogP contribution is 2.43. The fraction of sp³-hybridized carbons (Fsp3) is 0.259. The van der Waals surface area contributed by atoms with Crippen LogP contribution in [0.2, 0.25) is 0 Å². The molecule has 0 saturated heterocycles. The van der Waals surface area contributed by atoms with Crippen molar-refractivity contribution in [1.82, 2.24) is 4.98 Å². The first-order valence-corrected chi connectivity index (χ1v) is 12.0. The summed E-state index contributed by atoms with van der Waals surface area (Å²) in [6, 6.07) is 17.6. The third kappa shape index (κ3) is 4.74. The van der Waals surface area contributed by atoms with E-state index in [1.54, 1.807) is 25.2 Å². The lowest BCUT2D eigenvalue weighted by atomic mass is 9.75. The number of para-hydroxylation sites is 1. The van der Waals surface area contributed by atoms with Gasteiger partial charge in [0.05, 0.1) is 25.5 Å². The molecule has 35 heavy (non-hydrogen) atoms.